The van der Waals surface area contributed by atoms with E-state index in [4.69, 9.17) is 24.5 Å². The second-order valence-corrected chi connectivity index (χ2v) is 9.15. The number of carboxylic acids is 2. The van der Waals surface area contributed by atoms with Crippen LogP contribution in [0.4, 0.5) is 11.4 Å². The zero-order valence-electron chi connectivity index (χ0n) is 25.7. The molecule has 0 amide bonds. The molecule has 0 saturated heterocycles. The summed E-state index contributed by atoms with van der Waals surface area (Å²) in [6.07, 6.45) is 6.60. The Labute approximate surface area is 264 Å². The van der Waals surface area contributed by atoms with E-state index in [9.17, 15) is 10.2 Å². The smallest absolute Gasteiger partial charge is 0.550 e. The van der Waals surface area contributed by atoms with Gasteiger partial charge in [-0.1, -0.05) is 39.8 Å². The first kappa shape index (κ1) is 38.8. The summed E-state index contributed by atoms with van der Waals surface area (Å²) in [5.74, 6) is -0.990. The molecule has 0 saturated carbocycles. The number of rotatable bonds is 9. The van der Waals surface area contributed by atoms with Crippen molar-refractivity contribution in [3.63, 3.8) is 0 Å². The molecule has 2 N–H and O–H groups in total. The molecule has 0 aliphatic heterocycles. The van der Waals surface area contributed by atoms with Crippen LogP contribution >= 0.6 is 0 Å². The molecule has 3 rings (SSSR count). The minimum absolute atomic E-state index is 0. The molecule has 3 aromatic carbocycles. The van der Waals surface area contributed by atoms with Gasteiger partial charge in [-0.05, 0) is 86.1 Å². The summed E-state index contributed by atoms with van der Waals surface area (Å²) in [4.78, 5) is 27.1. The minimum atomic E-state index is -1.08. The Balaban J connectivity index is 0.00000174. The number of methoxy groups -OCH3 is 1. The number of benzene rings is 3. The monoisotopic (exact) mass is 635 g/mol. The molecular formula is C33H40CoN2O7. The van der Waals surface area contributed by atoms with Crippen LogP contribution in [0, 0.1) is 0 Å². The Morgan fingerprint density at radius 2 is 1.12 bits per heavy atom. The average molecular weight is 636 g/mol. The molecule has 233 valence electrons. The first-order chi connectivity index (χ1) is 19.9. The van der Waals surface area contributed by atoms with Gasteiger partial charge >= 0.3 is 16.8 Å². The Bertz CT molecular complexity index is 1400. The Morgan fingerprint density at radius 1 is 0.721 bits per heavy atom. The fraction of sp³-hybridized carbons (Fsp3) is 0.333. The van der Waals surface area contributed by atoms with Crippen LogP contribution in [0.15, 0.2) is 52.4 Å². The van der Waals surface area contributed by atoms with Gasteiger partial charge in [0.1, 0.15) is 17.2 Å². The van der Waals surface area contributed by atoms with E-state index in [-0.39, 0.29) is 28.3 Å². The fourth-order valence-electron chi connectivity index (χ4n) is 3.84. The van der Waals surface area contributed by atoms with E-state index >= 15 is 0 Å². The predicted octanol–water partition coefficient (Wildman–Crippen LogP) is 4.37. The van der Waals surface area contributed by atoms with Crippen LogP contribution < -0.4 is 14.9 Å². The number of aliphatic carboxylic acids is 2. The zero-order chi connectivity index (χ0) is 31.8. The third-order valence-corrected chi connectivity index (χ3v) is 6.00. The molecule has 0 aliphatic carbocycles. The molecule has 10 heteroatoms. The van der Waals surface area contributed by atoms with E-state index in [1.54, 1.807) is 19.5 Å². The normalized spacial score (nSPS) is 10.3. The molecule has 9 nitrogen and oxygen atoms in total. The maximum atomic E-state index is 10.7. The third-order valence-electron chi connectivity index (χ3n) is 6.00. The molecule has 3 aromatic rings. The summed E-state index contributed by atoms with van der Waals surface area (Å²) in [5.41, 5.74) is 6.72. The maximum Gasteiger partial charge on any atom is 2.00 e. The van der Waals surface area contributed by atoms with Gasteiger partial charge in [-0.2, -0.15) is 0 Å². The molecule has 0 unspecified atom stereocenters. The molecule has 0 atom stereocenters. The van der Waals surface area contributed by atoms with Gasteiger partial charge in [0.25, 0.3) is 0 Å². The minimum Gasteiger partial charge on any atom is -0.550 e. The molecule has 0 spiro atoms. The predicted molar refractivity (Wildman–Crippen MR) is 163 cm³/mol. The molecule has 0 aromatic heterocycles. The van der Waals surface area contributed by atoms with Crippen LogP contribution in [0.2, 0.25) is 0 Å². The van der Waals surface area contributed by atoms with Gasteiger partial charge in [-0.15, -0.1) is 0 Å². The summed E-state index contributed by atoms with van der Waals surface area (Å²) < 4.78 is 5.39. The van der Waals surface area contributed by atoms with E-state index in [1.165, 1.54) is 0 Å². The Kier molecular flexibility index (Phi) is 18.0. The number of aromatic hydroxyl groups is 2. The van der Waals surface area contributed by atoms with Crippen molar-refractivity contribution < 1.29 is 51.5 Å². The number of aryl methyl sites for hydroxylation is 4. The van der Waals surface area contributed by atoms with Crippen molar-refractivity contribution in [3.05, 3.63) is 75.8 Å². The summed E-state index contributed by atoms with van der Waals surface area (Å²) >= 11 is 0. The van der Waals surface area contributed by atoms with Crippen molar-refractivity contribution in [2.45, 2.75) is 67.2 Å². The summed E-state index contributed by atoms with van der Waals surface area (Å²) in [6.45, 7) is 10.2. The number of nitrogens with zero attached hydrogens (tertiary/aromatic N) is 2. The van der Waals surface area contributed by atoms with Crippen LogP contribution in [0.1, 0.15) is 74.9 Å². The second kappa shape index (κ2) is 19.9. The first-order valence-electron chi connectivity index (χ1n) is 13.7. The van der Waals surface area contributed by atoms with Crippen LogP contribution in [-0.2, 0) is 52.1 Å². The molecular weight excluding hydrogens is 595 g/mol. The van der Waals surface area contributed by atoms with Gasteiger partial charge in [-0.25, -0.2) is 0 Å². The van der Waals surface area contributed by atoms with E-state index in [2.05, 4.69) is 23.8 Å². The van der Waals surface area contributed by atoms with Gasteiger partial charge in [0.05, 0.1) is 18.5 Å². The van der Waals surface area contributed by atoms with Crippen molar-refractivity contribution >= 4 is 35.7 Å². The van der Waals surface area contributed by atoms with Gasteiger partial charge in [0, 0.05) is 41.6 Å². The quantitative estimate of drug-likeness (QED) is 0.331. The molecule has 0 fully saturated rings. The number of hydrogen-bond acceptors (Lipinski definition) is 9. The molecule has 0 bridgehead atoms. The number of phenols is 2. The first-order valence-corrected chi connectivity index (χ1v) is 13.7. The van der Waals surface area contributed by atoms with Crippen molar-refractivity contribution in [3.8, 4) is 17.2 Å². The Hall–Kier alpha value is -4.15. The third kappa shape index (κ3) is 13.1. The zero-order valence-corrected chi connectivity index (χ0v) is 26.7. The second-order valence-electron chi connectivity index (χ2n) is 9.15. The number of carboxylic acid groups (broad SMARTS) is 2. The van der Waals surface area contributed by atoms with Gasteiger partial charge in [0.15, 0.2) is 0 Å². The summed E-state index contributed by atoms with van der Waals surface area (Å²) in [6, 6.07) is 13.5. The van der Waals surface area contributed by atoms with Crippen molar-refractivity contribution in [1.29, 1.82) is 0 Å². The van der Waals surface area contributed by atoms with Gasteiger partial charge in [-0.3, -0.25) is 9.98 Å². The molecule has 0 heterocycles. The van der Waals surface area contributed by atoms with E-state index in [0.717, 1.165) is 61.8 Å². The van der Waals surface area contributed by atoms with Crippen molar-refractivity contribution in [1.82, 2.24) is 0 Å². The number of carbonyl (C=O) groups excluding carboxylic acids is 2. The van der Waals surface area contributed by atoms with Crippen LogP contribution in [0.3, 0.4) is 0 Å². The number of carbonyl (C=O) groups is 2. The number of aliphatic imine (C=N–C) groups is 2. The number of phenolic OH excluding ortho intramolecular Hbond substituents is 2. The number of ether oxygens (including phenoxy) is 1. The maximum absolute atomic E-state index is 10.7. The summed E-state index contributed by atoms with van der Waals surface area (Å²) in [7, 11) is 1.61. The van der Waals surface area contributed by atoms with Crippen molar-refractivity contribution in [2.75, 3.05) is 7.11 Å². The molecule has 1 radical (unpaired) electrons. The van der Waals surface area contributed by atoms with E-state index in [0.29, 0.717) is 28.3 Å². The van der Waals surface area contributed by atoms with Crippen LogP contribution in [0.5, 0.6) is 17.2 Å². The SMILES string of the molecule is CC(=O)[O-].CC(=O)[O-].CCc1cc(C=Nc2ccc(OC)cc2N=Cc2cc(CC)cc(CC)c2O)c(O)c(CC)c1.[Co+2]. The Morgan fingerprint density at radius 3 is 1.47 bits per heavy atom. The average Bonchev–Trinajstić information content (AvgIpc) is 2.95. The summed E-state index contributed by atoms with van der Waals surface area (Å²) in [5, 5.41) is 39.1. The number of hydrogen-bond donors (Lipinski definition) is 2. The standard InChI is InChI=1S/C29H34N2O3.2C2H4O2.Co/c1-6-19-12-21(8-3)28(32)23(14-19)17-30-26-11-10-25(34-5)16-27(26)31-18-24-15-20(7-2)13-22(9-4)29(24)33;2*1-2(3)4;/h10-18,32-33H,6-9H2,1-5H3;2*1H3,(H,3,4);/q;;;+2/p-2. The van der Waals surface area contributed by atoms with Crippen molar-refractivity contribution in [2.24, 2.45) is 9.98 Å². The topological polar surface area (TPSA) is 155 Å². The van der Waals surface area contributed by atoms with E-state index < -0.39 is 11.9 Å². The van der Waals surface area contributed by atoms with Crippen LogP contribution in [0.25, 0.3) is 0 Å². The van der Waals surface area contributed by atoms with E-state index in [1.807, 2.05) is 56.3 Å². The fourth-order valence-corrected chi connectivity index (χ4v) is 3.84. The van der Waals surface area contributed by atoms with Gasteiger partial charge < -0.3 is 34.8 Å². The largest absolute Gasteiger partial charge is 2.00 e. The van der Waals surface area contributed by atoms with Gasteiger partial charge in [0.2, 0.25) is 0 Å². The molecule has 43 heavy (non-hydrogen) atoms. The van der Waals surface area contributed by atoms with Crippen LogP contribution in [-0.4, -0.2) is 41.7 Å². The molecule has 0 aliphatic rings.